The van der Waals surface area contributed by atoms with Crippen LogP contribution in [-0.2, 0) is 5.41 Å². The highest BCUT2D eigenvalue weighted by atomic mass is 32.2. The standard InChI is InChI=1S/C53H32N2OS/c1-3-13-34(14-4-1)44-32-45(55-52(54-44)36-15-5-2-6-16-36)35-25-23-33(24-26-35)37-27-28-38-43(31-37)53(40-18-8-11-21-48(40)57-49-22-12-9-19-41(49)53)42-29-30-47-51(50(38)42)39-17-7-10-20-46(39)56-47/h1-32H. The van der Waals surface area contributed by atoms with Gasteiger partial charge in [0.05, 0.1) is 16.8 Å². The van der Waals surface area contributed by atoms with Crippen molar-refractivity contribution in [2.75, 3.05) is 0 Å². The molecule has 0 unspecified atom stereocenters. The summed E-state index contributed by atoms with van der Waals surface area (Å²) < 4.78 is 6.50. The van der Waals surface area contributed by atoms with Gasteiger partial charge in [0.15, 0.2) is 5.82 Å². The van der Waals surface area contributed by atoms with Crippen LogP contribution in [0.15, 0.2) is 208 Å². The molecule has 4 heteroatoms. The molecule has 2 aliphatic rings. The van der Waals surface area contributed by atoms with Gasteiger partial charge in [-0.2, -0.15) is 0 Å². The van der Waals surface area contributed by atoms with Gasteiger partial charge in [-0.05, 0) is 80.9 Å². The number of nitrogens with zero attached hydrogens (tertiary/aromatic N) is 2. The number of benzene rings is 8. The molecule has 0 radical (unpaired) electrons. The number of aromatic nitrogens is 2. The lowest BCUT2D eigenvalue weighted by atomic mass is 9.67. The molecule has 2 aromatic heterocycles. The highest BCUT2D eigenvalue weighted by Gasteiger charge is 2.51. The topological polar surface area (TPSA) is 38.9 Å². The van der Waals surface area contributed by atoms with Crippen molar-refractivity contribution in [2.45, 2.75) is 15.2 Å². The molecule has 12 rings (SSSR count). The molecule has 3 nitrogen and oxygen atoms in total. The summed E-state index contributed by atoms with van der Waals surface area (Å²) in [6, 6.07) is 69.5. The van der Waals surface area contributed by atoms with Gasteiger partial charge >= 0.3 is 0 Å². The van der Waals surface area contributed by atoms with Crippen LogP contribution >= 0.6 is 11.8 Å². The molecule has 0 amide bonds. The second-order valence-corrected chi connectivity index (χ2v) is 15.9. The Kier molecular flexibility index (Phi) is 7.08. The number of hydrogen-bond acceptors (Lipinski definition) is 4. The number of para-hydroxylation sites is 1. The third-order valence-corrected chi connectivity index (χ3v) is 12.9. The summed E-state index contributed by atoms with van der Waals surface area (Å²) in [5, 5.41) is 2.33. The monoisotopic (exact) mass is 744 g/mol. The van der Waals surface area contributed by atoms with Crippen molar-refractivity contribution in [2.24, 2.45) is 0 Å². The number of hydrogen-bond donors (Lipinski definition) is 0. The van der Waals surface area contributed by atoms with Gasteiger partial charge in [-0.3, -0.25) is 0 Å². The second-order valence-electron chi connectivity index (χ2n) is 14.8. The Morgan fingerprint density at radius 2 is 0.982 bits per heavy atom. The zero-order valence-electron chi connectivity index (χ0n) is 30.7. The van der Waals surface area contributed by atoms with Crippen LogP contribution in [0.2, 0.25) is 0 Å². The van der Waals surface area contributed by atoms with Gasteiger partial charge in [-0.1, -0.05) is 169 Å². The molecule has 10 aromatic rings. The summed E-state index contributed by atoms with van der Waals surface area (Å²) in [6.45, 7) is 0. The molecule has 1 aliphatic carbocycles. The molecule has 57 heavy (non-hydrogen) atoms. The van der Waals surface area contributed by atoms with E-state index in [9.17, 15) is 0 Å². The maximum Gasteiger partial charge on any atom is 0.160 e. The van der Waals surface area contributed by atoms with E-state index in [-0.39, 0.29) is 0 Å². The Hall–Kier alpha value is -7.01. The van der Waals surface area contributed by atoms with Crippen LogP contribution in [0.1, 0.15) is 22.3 Å². The zero-order chi connectivity index (χ0) is 37.5. The Labute approximate surface area is 334 Å². The zero-order valence-corrected chi connectivity index (χ0v) is 31.5. The molecule has 0 saturated heterocycles. The number of furan rings is 1. The third-order valence-electron chi connectivity index (χ3n) is 11.8. The van der Waals surface area contributed by atoms with Crippen LogP contribution < -0.4 is 0 Å². The van der Waals surface area contributed by atoms with Crippen molar-refractivity contribution in [3.8, 4) is 56.2 Å². The molecule has 266 valence electrons. The van der Waals surface area contributed by atoms with E-state index >= 15 is 0 Å². The lowest BCUT2D eigenvalue weighted by molar-refractivity contribution is 0.668. The van der Waals surface area contributed by atoms with Crippen molar-refractivity contribution < 1.29 is 4.42 Å². The fraction of sp³-hybridized carbons (Fsp3) is 0.0189. The van der Waals surface area contributed by atoms with Gasteiger partial charge in [0.2, 0.25) is 0 Å². The average molecular weight is 745 g/mol. The largest absolute Gasteiger partial charge is 0.456 e. The molecule has 0 atom stereocenters. The Balaban J connectivity index is 1.05. The Bertz CT molecular complexity index is 3100. The molecule has 0 N–H and O–H groups in total. The maximum atomic E-state index is 6.50. The first-order valence-corrected chi connectivity index (χ1v) is 20.1. The van der Waals surface area contributed by atoms with Gasteiger partial charge in [0.25, 0.3) is 0 Å². The molecule has 0 fully saturated rings. The van der Waals surface area contributed by atoms with Gasteiger partial charge < -0.3 is 4.42 Å². The quantitative estimate of drug-likeness (QED) is 0.180. The first kappa shape index (κ1) is 32.3. The summed E-state index contributed by atoms with van der Waals surface area (Å²) in [5.41, 5.74) is 16.3. The van der Waals surface area contributed by atoms with Gasteiger partial charge in [-0.15, -0.1) is 0 Å². The summed E-state index contributed by atoms with van der Waals surface area (Å²) in [4.78, 5) is 12.7. The summed E-state index contributed by atoms with van der Waals surface area (Å²) in [5.74, 6) is 0.713. The summed E-state index contributed by atoms with van der Waals surface area (Å²) in [7, 11) is 0. The second kappa shape index (κ2) is 12.5. The molecule has 1 spiro atoms. The lowest BCUT2D eigenvalue weighted by Gasteiger charge is -2.39. The summed E-state index contributed by atoms with van der Waals surface area (Å²) >= 11 is 1.87. The molecule has 1 aliphatic heterocycles. The SMILES string of the molecule is c1ccc(-c2cc(-c3ccc(-c4ccc5c(c4)C4(c6ccccc6Sc6ccccc64)c4ccc6oc7ccccc7c6c4-5)cc3)nc(-c3ccccc3)n2)cc1. The van der Waals surface area contributed by atoms with E-state index in [1.165, 1.54) is 54.1 Å². The predicted molar refractivity (Wildman–Crippen MR) is 232 cm³/mol. The minimum atomic E-state index is -0.506. The Morgan fingerprint density at radius 1 is 0.404 bits per heavy atom. The van der Waals surface area contributed by atoms with E-state index in [0.717, 1.165) is 50.2 Å². The van der Waals surface area contributed by atoms with E-state index in [1.54, 1.807) is 0 Å². The normalized spacial score (nSPS) is 13.3. The van der Waals surface area contributed by atoms with E-state index in [0.29, 0.717) is 5.82 Å². The van der Waals surface area contributed by atoms with Crippen molar-refractivity contribution in [1.29, 1.82) is 0 Å². The molecule has 3 heterocycles. The number of fused-ring (bicyclic) bond motifs is 13. The molecular formula is C53H32N2OS. The van der Waals surface area contributed by atoms with Crippen molar-refractivity contribution in [3.63, 3.8) is 0 Å². The molecule has 0 saturated carbocycles. The third kappa shape index (κ3) is 4.81. The van der Waals surface area contributed by atoms with Crippen LogP contribution in [0, 0.1) is 0 Å². The highest BCUT2D eigenvalue weighted by molar-refractivity contribution is 7.99. The minimum Gasteiger partial charge on any atom is -0.456 e. The van der Waals surface area contributed by atoms with E-state index in [2.05, 4.69) is 170 Å². The van der Waals surface area contributed by atoms with Crippen molar-refractivity contribution >= 4 is 33.7 Å². The van der Waals surface area contributed by atoms with E-state index in [1.807, 2.05) is 36.0 Å². The Morgan fingerprint density at radius 3 is 1.70 bits per heavy atom. The van der Waals surface area contributed by atoms with Gasteiger partial charge in [0.1, 0.15) is 11.2 Å². The van der Waals surface area contributed by atoms with Crippen molar-refractivity contribution in [1.82, 2.24) is 9.97 Å². The molecular weight excluding hydrogens is 713 g/mol. The van der Waals surface area contributed by atoms with Gasteiger partial charge in [-0.25, -0.2) is 9.97 Å². The van der Waals surface area contributed by atoms with Crippen molar-refractivity contribution in [3.05, 3.63) is 216 Å². The number of rotatable bonds is 4. The molecule has 0 bridgehead atoms. The first-order chi connectivity index (χ1) is 28.2. The van der Waals surface area contributed by atoms with Gasteiger partial charge in [0, 0.05) is 37.3 Å². The molecule has 8 aromatic carbocycles. The van der Waals surface area contributed by atoms with E-state index < -0.39 is 5.41 Å². The minimum absolute atomic E-state index is 0.506. The fourth-order valence-electron chi connectivity index (χ4n) is 9.28. The fourth-order valence-corrected chi connectivity index (χ4v) is 10.5. The summed E-state index contributed by atoms with van der Waals surface area (Å²) in [6.07, 6.45) is 0. The van der Waals surface area contributed by atoms with Crippen LogP contribution in [0.4, 0.5) is 0 Å². The van der Waals surface area contributed by atoms with Crippen LogP contribution in [0.5, 0.6) is 0 Å². The lowest BCUT2D eigenvalue weighted by Crippen LogP contribution is -2.31. The van der Waals surface area contributed by atoms with E-state index in [4.69, 9.17) is 14.4 Å². The van der Waals surface area contributed by atoms with Crippen LogP contribution in [0.25, 0.3) is 78.1 Å². The first-order valence-electron chi connectivity index (χ1n) is 19.3. The maximum absolute atomic E-state index is 6.50. The highest BCUT2D eigenvalue weighted by Crippen LogP contribution is 2.64. The smallest absolute Gasteiger partial charge is 0.160 e. The van der Waals surface area contributed by atoms with Crippen LogP contribution in [-0.4, -0.2) is 9.97 Å². The average Bonchev–Trinajstić information content (AvgIpc) is 3.80. The van der Waals surface area contributed by atoms with Crippen LogP contribution in [0.3, 0.4) is 0 Å². The predicted octanol–water partition coefficient (Wildman–Crippen LogP) is 13.9.